The third-order valence-electron chi connectivity index (χ3n) is 4.31. The predicted octanol–water partition coefficient (Wildman–Crippen LogP) is 3.52. The molecule has 28 heavy (non-hydrogen) atoms. The van der Waals surface area contributed by atoms with Gasteiger partial charge in [-0.25, -0.2) is 22.2 Å². The molecule has 0 aliphatic carbocycles. The first-order valence-corrected chi connectivity index (χ1v) is 10.1. The average molecular weight is 424 g/mol. The zero-order valence-corrected chi connectivity index (χ0v) is 15.7. The van der Waals surface area contributed by atoms with Crippen molar-refractivity contribution < 1.29 is 22.0 Å². The number of hydrogen-bond donors (Lipinski definition) is 1. The number of halogens is 3. The van der Waals surface area contributed by atoms with Gasteiger partial charge in [-0.05, 0) is 24.3 Å². The van der Waals surface area contributed by atoms with Gasteiger partial charge >= 0.3 is 0 Å². The summed E-state index contributed by atoms with van der Waals surface area (Å²) in [4.78, 5) is 17.1. The minimum Gasteiger partial charge on any atom is -0.318 e. The Morgan fingerprint density at radius 2 is 1.86 bits per heavy atom. The molecule has 6 nitrogen and oxygen atoms in total. The maximum Gasteiger partial charge on any atom is 0.274 e. The van der Waals surface area contributed by atoms with Crippen molar-refractivity contribution >= 4 is 33.0 Å². The fourth-order valence-corrected chi connectivity index (χ4v) is 4.47. The van der Waals surface area contributed by atoms with Crippen molar-refractivity contribution in [3.05, 3.63) is 64.8 Å². The Morgan fingerprint density at radius 1 is 1.14 bits per heavy atom. The summed E-state index contributed by atoms with van der Waals surface area (Å²) in [5.41, 5.74) is 0.355. The van der Waals surface area contributed by atoms with Crippen LogP contribution in [-0.4, -0.2) is 29.6 Å². The molecule has 2 aromatic carbocycles. The third-order valence-corrected chi connectivity index (χ3v) is 6.15. The van der Waals surface area contributed by atoms with Crippen molar-refractivity contribution in [2.24, 2.45) is 0 Å². The number of nitrogens with one attached hydrogen (secondary N) is 1. The van der Waals surface area contributed by atoms with Crippen molar-refractivity contribution in [1.82, 2.24) is 9.55 Å². The fourth-order valence-electron chi connectivity index (χ4n) is 2.99. The number of carbonyl (C=O) groups excluding carboxylic acids is 1. The normalized spacial score (nSPS) is 14.7. The van der Waals surface area contributed by atoms with Crippen LogP contribution < -0.4 is 5.32 Å². The number of amides is 1. The van der Waals surface area contributed by atoms with E-state index < -0.39 is 27.4 Å². The second-order valence-electron chi connectivity index (χ2n) is 6.15. The number of rotatable bonds is 3. The Hall–Kier alpha value is -2.78. The second kappa shape index (κ2) is 6.68. The van der Waals surface area contributed by atoms with E-state index in [0.29, 0.717) is 16.7 Å². The molecule has 144 valence electrons. The van der Waals surface area contributed by atoms with Gasteiger partial charge in [0.1, 0.15) is 23.0 Å². The van der Waals surface area contributed by atoms with Crippen LogP contribution in [0.15, 0.2) is 47.6 Å². The van der Waals surface area contributed by atoms with E-state index in [1.54, 1.807) is 24.3 Å². The Kier molecular flexibility index (Phi) is 4.43. The second-order valence-corrected chi connectivity index (χ2v) is 8.59. The summed E-state index contributed by atoms with van der Waals surface area (Å²) in [6, 6.07) is 9.09. The number of anilines is 1. The van der Waals surface area contributed by atoms with Crippen molar-refractivity contribution in [3.8, 4) is 11.3 Å². The van der Waals surface area contributed by atoms with Gasteiger partial charge in [0.15, 0.2) is 0 Å². The molecule has 0 saturated carbocycles. The molecule has 2 heterocycles. The molecule has 4 rings (SSSR count). The van der Waals surface area contributed by atoms with Crippen LogP contribution >= 0.6 is 11.6 Å². The lowest BCUT2D eigenvalue weighted by molar-refractivity contribution is 0.101. The van der Waals surface area contributed by atoms with Crippen LogP contribution in [0.4, 0.5) is 14.5 Å². The van der Waals surface area contributed by atoms with E-state index in [0.717, 1.165) is 12.1 Å². The lowest BCUT2D eigenvalue weighted by Crippen LogP contribution is -2.18. The first-order chi connectivity index (χ1) is 13.3. The first kappa shape index (κ1) is 18.6. The molecular weight excluding hydrogens is 412 g/mol. The molecular formula is C18H12ClF2N3O3S. The highest BCUT2D eigenvalue weighted by molar-refractivity contribution is 7.91. The zero-order valence-electron chi connectivity index (χ0n) is 14.1. The highest BCUT2D eigenvalue weighted by Gasteiger charge is 2.35. The number of imidazole rings is 1. The fraction of sp³-hybridized carbons (Fsp3) is 0.111. The van der Waals surface area contributed by atoms with Crippen LogP contribution in [0.25, 0.3) is 11.3 Å². The maximum absolute atomic E-state index is 13.9. The summed E-state index contributed by atoms with van der Waals surface area (Å²) in [6.45, 7) is 0.0485. The smallest absolute Gasteiger partial charge is 0.274 e. The van der Waals surface area contributed by atoms with Crippen LogP contribution in [0, 0.1) is 11.6 Å². The van der Waals surface area contributed by atoms with Crippen LogP contribution in [-0.2, 0) is 16.4 Å². The van der Waals surface area contributed by atoms with E-state index in [-0.39, 0.29) is 34.5 Å². The Balaban J connectivity index is 1.83. The van der Waals surface area contributed by atoms with Gasteiger partial charge in [0.2, 0.25) is 15.0 Å². The predicted molar refractivity (Wildman–Crippen MR) is 99.0 cm³/mol. The van der Waals surface area contributed by atoms with E-state index in [4.69, 9.17) is 11.6 Å². The van der Waals surface area contributed by atoms with Gasteiger partial charge in [-0.15, -0.1) is 0 Å². The summed E-state index contributed by atoms with van der Waals surface area (Å²) in [6.07, 6.45) is 0. The first-order valence-electron chi connectivity index (χ1n) is 8.12. The molecule has 0 atom stereocenters. The molecule has 1 aromatic heterocycles. The van der Waals surface area contributed by atoms with Gasteiger partial charge in [-0.3, -0.25) is 4.79 Å². The molecule has 0 radical (unpaired) electrons. The average Bonchev–Trinajstić information content (AvgIpc) is 3.16. The van der Waals surface area contributed by atoms with Gasteiger partial charge in [0.05, 0.1) is 11.4 Å². The number of carbonyl (C=O) groups is 1. The summed E-state index contributed by atoms with van der Waals surface area (Å²) in [7, 11) is -3.62. The summed E-state index contributed by atoms with van der Waals surface area (Å²) < 4.78 is 52.8. The number of hydrogen-bond acceptors (Lipinski definition) is 4. The zero-order chi connectivity index (χ0) is 20.1. The summed E-state index contributed by atoms with van der Waals surface area (Å²) in [5.74, 6) is -2.67. The largest absolute Gasteiger partial charge is 0.318 e. The van der Waals surface area contributed by atoms with Crippen LogP contribution in [0.3, 0.4) is 0 Å². The van der Waals surface area contributed by atoms with Crippen LogP contribution in [0.1, 0.15) is 10.5 Å². The Bertz CT molecular complexity index is 1210. The standard InChI is InChI=1S/C18H12ClF2N3O3S/c19-11-3-1-10(2-4-11)15-16(24-7-8-28(26,27)18(24)23-15)17(25)22-14-6-5-12(20)9-13(14)21/h1-6,9H,7-8H2,(H,22,25). The molecule has 1 aliphatic rings. The molecule has 10 heteroatoms. The van der Waals surface area contributed by atoms with Gasteiger partial charge < -0.3 is 9.88 Å². The van der Waals surface area contributed by atoms with Crippen LogP contribution in [0.5, 0.6) is 0 Å². The van der Waals surface area contributed by atoms with E-state index in [9.17, 15) is 22.0 Å². The summed E-state index contributed by atoms with van der Waals surface area (Å²) >= 11 is 5.89. The lowest BCUT2D eigenvalue weighted by Gasteiger charge is -2.10. The molecule has 3 aromatic rings. The highest BCUT2D eigenvalue weighted by atomic mass is 35.5. The molecule has 1 aliphatic heterocycles. The lowest BCUT2D eigenvalue weighted by atomic mass is 10.1. The van der Waals surface area contributed by atoms with Gasteiger partial charge in [-0.2, -0.15) is 0 Å². The third kappa shape index (κ3) is 3.16. The number of aromatic nitrogens is 2. The monoisotopic (exact) mass is 423 g/mol. The van der Waals surface area contributed by atoms with Crippen molar-refractivity contribution in [2.45, 2.75) is 11.7 Å². The van der Waals surface area contributed by atoms with Crippen molar-refractivity contribution in [1.29, 1.82) is 0 Å². The van der Waals surface area contributed by atoms with Gasteiger partial charge in [0, 0.05) is 23.2 Å². The summed E-state index contributed by atoms with van der Waals surface area (Å²) in [5, 5.41) is 2.60. The van der Waals surface area contributed by atoms with Gasteiger partial charge in [-0.1, -0.05) is 23.7 Å². The SMILES string of the molecule is O=C(Nc1ccc(F)cc1F)c1c(-c2ccc(Cl)cc2)nc2n1CCS2(=O)=O. The topological polar surface area (TPSA) is 81.1 Å². The molecule has 0 spiro atoms. The Labute approximate surface area is 163 Å². The van der Waals surface area contributed by atoms with Crippen molar-refractivity contribution in [3.63, 3.8) is 0 Å². The molecule has 0 unspecified atom stereocenters. The quantitative estimate of drug-likeness (QED) is 0.699. The van der Waals surface area contributed by atoms with Gasteiger partial charge in [0.25, 0.3) is 5.91 Å². The highest BCUT2D eigenvalue weighted by Crippen LogP contribution is 2.31. The van der Waals surface area contributed by atoms with Crippen LogP contribution in [0.2, 0.25) is 5.02 Å². The minimum atomic E-state index is -3.62. The molecule has 1 amide bonds. The Morgan fingerprint density at radius 3 is 2.54 bits per heavy atom. The number of benzene rings is 2. The van der Waals surface area contributed by atoms with E-state index >= 15 is 0 Å². The number of fused-ring (bicyclic) bond motifs is 1. The number of nitrogens with zero attached hydrogens (tertiary/aromatic N) is 2. The molecule has 0 bridgehead atoms. The van der Waals surface area contributed by atoms with E-state index in [2.05, 4.69) is 10.3 Å². The number of sulfone groups is 1. The minimum absolute atomic E-state index is 0.0258. The molecule has 0 saturated heterocycles. The molecule has 1 N–H and O–H groups in total. The molecule has 0 fully saturated rings. The van der Waals surface area contributed by atoms with E-state index in [1.807, 2.05) is 0 Å². The van der Waals surface area contributed by atoms with Crippen molar-refractivity contribution in [2.75, 3.05) is 11.1 Å². The van der Waals surface area contributed by atoms with E-state index in [1.165, 1.54) is 4.57 Å². The maximum atomic E-state index is 13.9.